The SMILES string of the molecule is O=c1ccc2ncc(F)cc2n1CCN1CCC(NCc2ccc(Cl)cc2)CC1. The lowest BCUT2D eigenvalue weighted by molar-refractivity contribution is 0.191. The molecule has 0 spiro atoms. The summed E-state index contributed by atoms with van der Waals surface area (Å²) >= 11 is 5.93. The van der Waals surface area contributed by atoms with Gasteiger partial charge in [0.15, 0.2) is 0 Å². The molecule has 2 aromatic heterocycles. The molecule has 3 aromatic rings. The minimum atomic E-state index is -0.426. The van der Waals surface area contributed by atoms with E-state index in [0.29, 0.717) is 23.6 Å². The molecule has 1 aliphatic heterocycles. The molecule has 1 fully saturated rings. The van der Waals surface area contributed by atoms with Gasteiger partial charge in [0.05, 0.1) is 17.2 Å². The van der Waals surface area contributed by atoms with Gasteiger partial charge in [-0.3, -0.25) is 9.78 Å². The molecule has 5 nitrogen and oxygen atoms in total. The van der Waals surface area contributed by atoms with E-state index in [-0.39, 0.29) is 5.56 Å². The third-order valence-corrected chi connectivity index (χ3v) is 5.79. The Morgan fingerprint density at radius 1 is 1.10 bits per heavy atom. The quantitative estimate of drug-likeness (QED) is 0.671. The maximum Gasteiger partial charge on any atom is 0.251 e. The summed E-state index contributed by atoms with van der Waals surface area (Å²) < 4.78 is 15.2. The summed E-state index contributed by atoms with van der Waals surface area (Å²) in [6, 6.07) is 12.9. The fraction of sp³-hybridized carbons (Fsp3) is 0.364. The van der Waals surface area contributed by atoms with Crippen LogP contribution in [0.25, 0.3) is 11.0 Å². The highest BCUT2D eigenvalue weighted by molar-refractivity contribution is 6.30. The number of pyridine rings is 2. The molecular weight excluding hydrogens is 391 g/mol. The number of halogens is 2. The molecule has 0 bridgehead atoms. The molecule has 7 heteroatoms. The van der Waals surface area contributed by atoms with Crippen molar-refractivity contribution in [2.75, 3.05) is 19.6 Å². The summed E-state index contributed by atoms with van der Waals surface area (Å²) in [5, 5.41) is 4.37. The number of hydrogen-bond acceptors (Lipinski definition) is 4. The van der Waals surface area contributed by atoms with Gasteiger partial charge >= 0.3 is 0 Å². The minimum absolute atomic E-state index is 0.121. The Morgan fingerprint density at radius 2 is 1.86 bits per heavy atom. The number of nitrogens with one attached hydrogen (secondary N) is 1. The summed E-state index contributed by atoms with van der Waals surface area (Å²) in [5.41, 5.74) is 2.30. The molecular formula is C22H24ClFN4O. The van der Waals surface area contributed by atoms with E-state index < -0.39 is 5.82 Å². The fourth-order valence-corrected chi connectivity index (χ4v) is 3.97. The van der Waals surface area contributed by atoms with Crippen LogP contribution in [-0.4, -0.2) is 40.1 Å². The van der Waals surface area contributed by atoms with Crippen molar-refractivity contribution in [1.29, 1.82) is 0 Å². The molecule has 0 radical (unpaired) electrons. The monoisotopic (exact) mass is 414 g/mol. The van der Waals surface area contributed by atoms with E-state index in [4.69, 9.17) is 11.6 Å². The van der Waals surface area contributed by atoms with Crippen molar-refractivity contribution in [3.05, 3.63) is 75.4 Å². The predicted octanol–water partition coefficient (Wildman–Crippen LogP) is 3.44. The molecule has 1 aromatic carbocycles. The number of likely N-dealkylation sites (tertiary alicyclic amines) is 1. The molecule has 1 N–H and O–H groups in total. The fourth-order valence-electron chi connectivity index (χ4n) is 3.84. The lowest BCUT2D eigenvalue weighted by Crippen LogP contribution is -2.43. The molecule has 152 valence electrons. The zero-order valence-corrected chi connectivity index (χ0v) is 16.9. The van der Waals surface area contributed by atoms with Gasteiger partial charge in [-0.15, -0.1) is 0 Å². The van der Waals surface area contributed by atoms with E-state index in [0.717, 1.165) is 44.0 Å². The third-order valence-electron chi connectivity index (χ3n) is 5.54. The summed E-state index contributed by atoms with van der Waals surface area (Å²) in [7, 11) is 0. The molecule has 3 heterocycles. The summed E-state index contributed by atoms with van der Waals surface area (Å²) in [4.78, 5) is 18.7. The molecule has 0 aliphatic carbocycles. The zero-order valence-electron chi connectivity index (χ0n) is 16.2. The second kappa shape index (κ2) is 9.03. The van der Waals surface area contributed by atoms with Crippen LogP contribution in [0.1, 0.15) is 18.4 Å². The van der Waals surface area contributed by atoms with Crippen molar-refractivity contribution >= 4 is 22.6 Å². The van der Waals surface area contributed by atoms with E-state index >= 15 is 0 Å². The average molecular weight is 415 g/mol. The standard InChI is InChI=1S/C22H24ClFN4O/c23-17-3-1-16(2-4-17)14-25-19-7-9-27(10-8-19)11-12-28-21-13-18(24)15-26-20(21)5-6-22(28)29/h1-6,13,15,19,25H,7-12,14H2. The van der Waals surface area contributed by atoms with Gasteiger partial charge in [0.25, 0.3) is 5.56 Å². The van der Waals surface area contributed by atoms with Gasteiger partial charge in [0.1, 0.15) is 5.82 Å². The number of nitrogens with zero attached hydrogens (tertiary/aromatic N) is 3. The Labute approximate surface area is 174 Å². The van der Waals surface area contributed by atoms with Crippen LogP contribution in [0.3, 0.4) is 0 Å². The zero-order chi connectivity index (χ0) is 20.2. The Morgan fingerprint density at radius 3 is 2.62 bits per heavy atom. The van der Waals surface area contributed by atoms with Gasteiger partial charge in [-0.1, -0.05) is 23.7 Å². The van der Waals surface area contributed by atoms with E-state index in [2.05, 4.69) is 15.2 Å². The van der Waals surface area contributed by atoms with Gasteiger partial charge in [-0.05, 0) is 49.7 Å². The second-order valence-electron chi connectivity index (χ2n) is 7.50. The van der Waals surface area contributed by atoms with Crippen molar-refractivity contribution in [2.45, 2.75) is 32.0 Å². The second-order valence-corrected chi connectivity index (χ2v) is 7.94. The van der Waals surface area contributed by atoms with Gasteiger partial charge in [0.2, 0.25) is 0 Å². The topological polar surface area (TPSA) is 50.2 Å². The first kappa shape index (κ1) is 20.0. The lowest BCUT2D eigenvalue weighted by Gasteiger charge is -2.32. The summed E-state index contributed by atoms with van der Waals surface area (Å²) in [6.45, 7) is 4.09. The molecule has 0 amide bonds. The lowest BCUT2D eigenvalue weighted by atomic mass is 10.0. The van der Waals surface area contributed by atoms with Crippen LogP contribution >= 0.6 is 11.6 Å². The largest absolute Gasteiger partial charge is 0.310 e. The molecule has 4 rings (SSSR count). The van der Waals surface area contributed by atoms with Crippen LogP contribution in [0.5, 0.6) is 0 Å². The molecule has 0 unspecified atom stereocenters. The molecule has 1 saturated heterocycles. The minimum Gasteiger partial charge on any atom is -0.310 e. The Hall–Kier alpha value is -2.28. The molecule has 0 atom stereocenters. The maximum absolute atomic E-state index is 13.6. The van der Waals surface area contributed by atoms with Crippen LogP contribution in [0, 0.1) is 5.82 Å². The van der Waals surface area contributed by atoms with Crippen molar-refractivity contribution in [3.63, 3.8) is 0 Å². The predicted molar refractivity (Wildman–Crippen MR) is 114 cm³/mol. The van der Waals surface area contributed by atoms with Crippen molar-refractivity contribution in [1.82, 2.24) is 19.8 Å². The van der Waals surface area contributed by atoms with E-state index in [1.807, 2.05) is 24.3 Å². The first-order chi connectivity index (χ1) is 14.1. The van der Waals surface area contributed by atoms with Crippen LogP contribution in [-0.2, 0) is 13.1 Å². The highest BCUT2D eigenvalue weighted by Crippen LogP contribution is 2.14. The first-order valence-corrected chi connectivity index (χ1v) is 10.3. The van der Waals surface area contributed by atoms with Crippen LogP contribution < -0.4 is 10.9 Å². The van der Waals surface area contributed by atoms with Crippen LogP contribution in [0.4, 0.5) is 4.39 Å². The van der Waals surface area contributed by atoms with E-state index in [9.17, 15) is 9.18 Å². The van der Waals surface area contributed by atoms with Crippen molar-refractivity contribution in [3.8, 4) is 0 Å². The van der Waals surface area contributed by atoms with Crippen LogP contribution in [0.15, 0.2) is 53.5 Å². The number of fused-ring (bicyclic) bond motifs is 1. The van der Waals surface area contributed by atoms with Gasteiger partial charge in [-0.25, -0.2) is 4.39 Å². The van der Waals surface area contributed by atoms with Gasteiger partial charge < -0.3 is 14.8 Å². The van der Waals surface area contributed by atoms with Crippen molar-refractivity contribution < 1.29 is 4.39 Å². The van der Waals surface area contributed by atoms with E-state index in [1.54, 1.807) is 10.6 Å². The third kappa shape index (κ3) is 5.01. The van der Waals surface area contributed by atoms with Gasteiger partial charge in [-0.2, -0.15) is 0 Å². The smallest absolute Gasteiger partial charge is 0.251 e. The number of benzene rings is 1. The number of rotatable bonds is 6. The maximum atomic E-state index is 13.6. The number of piperidine rings is 1. The highest BCUT2D eigenvalue weighted by atomic mass is 35.5. The summed E-state index contributed by atoms with van der Waals surface area (Å²) in [6.07, 6.45) is 3.31. The van der Waals surface area contributed by atoms with Crippen molar-refractivity contribution in [2.24, 2.45) is 0 Å². The molecule has 1 aliphatic rings. The normalized spacial score (nSPS) is 15.8. The van der Waals surface area contributed by atoms with E-state index in [1.165, 1.54) is 23.9 Å². The number of hydrogen-bond donors (Lipinski definition) is 1. The Bertz CT molecular complexity index is 1030. The summed E-state index contributed by atoms with van der Waals surface area (Å²) in [5.74, 6) is -0.426. The highest BCUT2D eigenvalue weighted by Gasteiger charge is 2.19. The molecule has 0 saturated carbocycles. The molecule has 29 heavy (non-hydrogen) atoms. The van der Waals surface area contributed by atoms with Gasteiger partial charge in [0, 0.05) is 42.8 Å². The first-order valence-electron chi connectivity index (χ1n) is 9.94. The Balaban J connectivity index is 1.30. The Kier molecular flexibility index (Phi) is 6.23. The number of aromatic nitrogens is 2. The van der Waals surface area contributed by atoms with Crippen LogP contribution in [0.2, 0.25) is 5.02 Å². The average Bonchev–Trinajstić information content (AvgIpc) is 2.73.